The zero-order valence-electron chi connectivity index (χ0n) is 12.0. The molecule has 0 aliphatic carbocycles. The van der Waals surface area contributed by atoms with Crippen LogP contribution < -0.4 is 19.5 Å². The molecule has 120 valence electrons. The summed E-state index contributed by atoms with van der Waals surface area (Å²) in [4.78, 5) is 22.9. The van der Waals surface area contributed by atoms with Gasteiger partial charge >= 0.3 is 6.03 Å². The zero-order valence-corrected chi connectivity index (χ0v) is 15.0. The molecule has 6 nitrogen and oxygen atoms in total. The topological polar surface area (TPSA) is 82.3 Å². The van der Waals surface area contributed by atoms with Crippen molar-refractivity contribution in [1.82, 2.24) is 19.5 Å². The van der Waals surface area contributed by atoms with Gasteiger partial charge in [0.05, 0.1) is 12.1 Å². The minimum absolute atomic E-state index is 0.0318. The number of fused-ring (bicyclic) bond motifs is 1. The summed E-state index contributed by atoms with van der Waals surface area (Å²) < 4.78 is 3.03. The van der Waals surface area contributed by atoms with Gasteiger partial charge in [-0.1, -0.05) is 6.42 Å². The minimum Gasteiger partial charge on any atom is -0.356 e. The van der Waals surface area contributed by atoms with E-state index in [-0.39, 0.29) is 18.0 Å². The van der Waals surface area contributed by atoms with Crippen LogP contribution in [0.25, 0.3) is 0 Å². The van der Waals surface area contributed by atoms with Gasteiger partial charge in [-0.05, 0) is 19.3 Å². The molecule has 0 bridgehead atoms. The number of carbonyl (C=O) groups is 2. The standard InChI is InChI=1S/C13H23IN4O2S/c14-16-7-3-6-15-11(19)5-2-1-4-10-12-9(8-21-10)17-13(20)18-12/h9-10,12,16H,1-8H2,(H,15,19)(H2,17,18,20)/t9-,10-,12-/m0/s1. The summed E-state index contributed by atoms with van der Waals surface area (Å²) in [6, 6.07) is 0.537. The second-order valence-corrected chi connectivity index (χ2v) is 7.49. The van der Waals surface area contributed by atoms with Crippen LogP contribution in [-0.2, 0) is 4.79 Å². The number of hydrogen-bond donors (Lipinski definition) is 4. The first-order valence-corrected chi connectivity index (χ1v) is 9.62. The van der Waals surface area contributed by atoms with Gasteiger partial charge in [0.2, 0.25) is 5.91 Å². The predicted molar refractivity (Wildman–Crippen MR) is 93.6 cm³/mol. The summed E-state index contributed by atoms with van der Waals surface area (Å²) in [5.41, 5.74) is 0. The maximum absolute atomic E-state index is 11.6. The Morgan fingerprint density at radius 2 is 2.14 bits per heavy atom. The molecule has 21 heavy (non-hydrogen) atoms. The van der Waals surface area contributed by atoms with E-state index in [4.69, 9.17) is 0 Å². The van der Waals surface area contributed by atoms with E-state index < -0.39 is 0 Å². The normalized spacial score (nSPS) is 27.1. The van der Waals surface area contributed by atoms with Crippen LogP contribution in [0.5, 0.6) is 0 Å². The Kier molecular flexibility index (Phi) is 7.38. The molecule has 3 atom stereocenters. The molecule has 0 unspecified atom stereocenters. The van der Waals surface area contributed by atoms with Crippen LogP contribution in [0.2, 0.25) is 0 Å². The first-order valence-electron chi connectivity index (χ1n) is 7.49. The molecule has 0 saturated carbocycles. The lowest BCUT2D eigenvalue weighted by atomic mass is 10.0. The highest BCUT2D eigenvalue weighted by molar-refractivity contribution is 14.1. The molecule has 3 amide bonds. The average molecular weight is 426 g/mol. The van der Waals surface area contributed by atoms with Gasteiger partial charge in [-0.3, -0.25) is 8.32 Å². The molecule has 0 radical (unpaired) electrons. The summed E-state index contributed by atoms with van der Waals surface area (Å²) in [7, 11) is 0. The number of unbranched alkanes of at least 4 members (excludes halogenated alkanes) is 1. The van der Waals surface area contributed by atoms with Gasteiger partial charge in [0, 0.05) is 53.4 Å². The Hall–Kier alpha value is -0.220. The molecule has 2 aliphatic heterocycles. The summed E-state index contributed by atoms with van der Waals surface area (Å²) >= 11 is 4.04. The van der Waals surface area contributed by atoms with E-state index in [1.807, 2.05) is 11.8 Å². The molecular weight excluding hydrogens is 403 g/mol. The Balaban J connectivity index is 1.52. The van der Waals surface area contributed by atoms with E-state index in [1.54, 1.807) is 0 Å². The van der Waals surface area contributed by atoms with Crippen LogP contribution in [0.3, 0.4) is 0 Å². The van der Waals surface area contributed by atoms with Crippen molar-refractivity contribution in [3.8, 4) is 0 Å². The lowest BCUT2D eigenvalue weighted by Crippen LogP contribution is -2.36. The molecule has 0 spiro atoms. The largest absolute Gasteiger partial charge is 0.356 e. The number of rotatable bonds is 9. The molecule has 2 rings (SSSR count). The quantitative estimate of drug-likeness (QED) is 0.193. The number of thioether (sulfide) groups is 1. The van der Waals surface area contributed by atoms with E-state index in [1.165, 1.54) is 0 Å². The fourth-order valence-electron chi connectivity index (χ4n) is 2.75. The predicted octanol–water partition coefficient (Wildman–Crippen LogP) is 1.16. The second kappa shape index (κ2) is 9.04. The SMILES string of the molecule is O=C(CCCC[C@@H]1SC[C@@H]2NC(=O)N[C@@H]21)NCCCNI. The molecule has 0 aromatic heterocycles. The van der Waals surface area contributed by atoms with Crippen LogP contribution in [0.4, 0.5) is 4.79 Å². The lowest BCUT2D eigenvalue weighted by Gasteiger charge is -2.16. The van der Waals surface area contributed by atoms with Crippen molar-refractivity contribution in [2.45, 2.75) is 49.4 Å². The van der Waals surface area contributed by atoms with E-state index in [9.17, 15) is 9.59 Å². The van der Waals surface area contributed by atoms with Crippen molar-refractivity contribution in [3.63, 3.8) is 0 Å². The van der Waals surface area contributed by atoms with Crippen LogP contribution in [0, 0.1) is 0 Å². The highest BCUT2D eigenvalue weighted by Gasteiger charge is 2.42. The number of hydrogen-bond acceptors (Lipinski definition) is 4. The number of amides is 3. The van der Waals surface area contributed by atoms with Crippen LogP contribution in [-0.4, -0.2) is 48.1 Å². The third kappa shape index (κ3) is 5.48. The Morgan fingerprint density at radius 3 is 2.95 bits per heavy atom. The summed E-state index contributed by atoms with van der Waals surface area (Å²) in [6.45, 7) is 1.66. The molecule has 2 fully saturated rings. The zero-order chi connectivity index (χ0) is 15.1. The number of halogens is 1. The van der Waals surface area contributed by atoms with Gasteiger partial charge in [-0.25, -0.2) is 4.79 Å². The van der Waals surface area contributed by atoms with Crippen molar-refractivity contribution in [2.24, 2.45) is 0 Å². The van der Waals surface area contributed by atoms with Crippen LogP contribution >= 0.6 is 34.6 Å². The molecule has 0 aromatic rings. The van der Waals surface area contributed by atoms with Gasteiger partial charge in [0.15, 0.2) is 0 Å². The van der Waals surface area contributed by atoms with E-state index in [0.29, 0.717) is 17.7 Å². The number of nitrogens with one attached hydrogen (secondary N) is 4. The number of carbonyl (C=O) groups excluding carboxylic acids is 2. The van der Waals surface area contributed by atoms with Crippen molar-refractivity contribution < 1.29 is 9.59 Å². The van der Waals surface area contributed by atoms with Crippen molar-refractivity contribution in [3.05, 3.63) is 0 Å². The Morgan fingerprint density at radius 1 is 1.29 bits per heavy atom. The molecule has 0 aromatic carbocycles. The summed E-state index contributed by atoms with van der Waals surface area (Å²) in [5.74, 6) is 1.15. The molecule has 8 heteroatoms. The maximum Gasteiger partial charge on any atom is 0.315 e. The second-order valence-electron chi connectivity index (χ2n) is 5.45. The van der Waals surface area contributed by atoms with Gasteiger partial charge in [-0.2, -0.15) is 11.8 Å². The molecule has 2 heterocycles. The third-order valence-corrected chi connectivity index (χ3v) is 5.90. The highest BCUT2D eigenvalue weighted by Crippen LogP contribution is 2.33. The van der Waals surface area contributed by atoms with E-state index in [2.05, 4.69) is 42.3 Å². The Bertz CT molecular complexity index is 372. The van der Waals surface area contributed by atoms with Gasteiger partial charge < -0.3 is 16.0 Å². The minimum atomic E-state index is -0.0318. The van der Waals surface area contributed by atoms with Gasteiger partial charge in [0.25, 0.3) is 0 Å². The van der Waals surface area contributed by atoms with Crippen LogP contribution in [0.1, 0.15) is 32.1 Å². The third-order valence-electron chi connectivity index (χ3n) is 3.85. The fourth-order valence-corrected chi connectivity index (χ4v) is 4.67. The molecule has 2 saturated heterocycles. The average Bonchev–Trinajstić information content (AvgIpc) is 2.99. The number of urea groups is 1. The summed E-state index contributed by atoms with van der Waals surface area (Å²) in [6.07, 6.45) is 4.60. The van der Waals surface area contributed by atoms with E-state index >= 15 is 0 Å². The first kappa shape index (κ1) is 17.1. The maximum atomic E-state index is 11.6. The van der Waals surface area contributed by atoms with E-state index in [0.717, 1.165) is 44.5 Å². The molecule has 4 N–H and O–H groups in total. The fraction of sp³-hybridized carbons (Fsp3) is 0.846. The van der Waals surface area contributed by atoms with Crippen molar-refractivity contribution in [1.29, 1.82) is 0 Å². The van der Waals surface area contributed by atoms with Crippen LogP contribution in [0.15, 0.2) is 0 Å². The smallest absolute Gasteiger partial charge is 0.315 e. The van der Waals surface area contributed by atoms with Crippen molar-refractivity contribution >= 4 is 46.6 Å². The lowest BCUT2D eigenvalue weighted by molar-refractivity contribution is -0.121. The van der Waals surface area contributed by atoms with Gasteiger partial charge in [-0.15, -0.1) is 0 Å². The highest BCUT2D eigenvalue weighted by atomic mass is 127. The van der Waals surface area contributed by atoms with Crippen molar-refractivity contribution in [2.75, 3.05) is 18.8 Å². The molecular formula is C13H23IN4O2S. The Labute approximate surface area is 143 Å². The molecule has 2 aliphatic rings. The first-order chi connectivity index (χ1) is 10.2. The monoisotopic (exact) mass is 426 g/mol. The summed E-state index contributed by atoms with van der Waals surface area (Å²) in [5, 5.41) is 9.37. The van der Waals surface area contributed by atoms with Gasteiger partial charge in [0.1, 0.15) is 0 Å².